The molecular formula is C48H34N4S. The normalized spacial score (nSPS) is 15.5. The molecule has 11 rings (SSSR count). The molecule has 5 aromatic carbocycles. The molecule has 4 aromatic heterocycles. The van der Waals surface area contributed by atoms with Gasteiger partial charge in [0.05, 0.1) is 38.7 Å². The summed E-state index contributed by atoms with van der Waals surface area (Å²) in [5.41, 5.74) is 9.12. The third-order valence-electron chi connectivity index (χ3n) is 10.9. The molecular weight excluding hydrogens is 665 g/mol. The first-order valence-corrected chi connectivity index (χ1v) is 19.2. The van der Waals surface area contributed by atoms with Gasteiger partial charge in [-0.1, -0.05) is 121 Å². The number of rotatable bonds is 5. The Morgan fingerprint density at radius 1 is 0.660 bits per heavy atom. The van der Waals surface area contributed by atoms with Gasteiger partial charge in [0.25, 0.3) is 0 Å². The second kappa shape index (κ2) is 12.1. The van der Waals surface area contributed by atoms with Gasteiger partial charge in [-0.15, -0.1) is 11.3 Å². The zero-order chi connectivity index (χ0) is 34.9. The molecule has 0 saturated carbocycles. The van der Waals surface area contributed by atoms with Crippen LogP contribution in [-0.4, -0.2) is 19.1 Å². The molecule has 9 aromatic rings. The molecule has 4 nitrogen and oxygen atoms in total. The molecule has 2 aliphatic carbocycles. The second-order valence-electron chi connectivity index (χ2n) is 14.0. The molecule has 1 atom stereocenters. The van der Waals surface area contributed by atoms with Crippen LogP contribution < -0.4 is 10.6 Å². The monoisotopic (exact) mass is 698 g/mol. The van der Waals surface area contributed by atoms with Crippen LogP contribution >= 0.6 is 11.3 Å². The van der Waals surface area contributed by atoms with Crippen molar-refractivity contribution in [2.24, 2.45) is 0 Å². The molecule has 1 unspecified atom stereocenters. The predicted octanol–water partition coefficient (Wildman–Crippen LogP) is 10.9. The summed E-state index contributed by atoms with van der Waals surface area (Å²) >= 11 is 1.76. The van der Waals surface area contributed by atoms with Gasteiger partial charge in [0.2, 0.25) is 0 Å². The van der Waals surface area contributed by atoms with Crippen molar-refractivity contribution >= 4 is 65.8 Å². The molecule has 0 fully saturated rings. The fraction of sp³-hybridized carbons (Fsp3) is 0.0833. The minimum atomic E-state index is 0.208. The molecule has 53 heavy (non-hydrogen) atoms. The average molecular weight is 699 g/mol. The van der Waals surface area contributed by atoms with Gasteiger partial charge in [0, 0.05) is 48.4 Å². The van der Waals surface area contributed by atoms with Crippen LogP contribution in [0.3, 0.4) is 0 Å². The van der Waals surface area contributed by atoms with Crippen molar-refractivity contribution in [2.75, 3.05) is 0 Å². The first-order valence-electron chi connectivity index (χ1n) is 18.4. The summed E-state index contributed by atoms with van der Waals surface area (Å²) in [7, 11) is 0. The molecule has 2 aliphatic rings. The molecule has 4 heterocycles. The highest BCUT2D eigenvalue weighted by atomic mass is 32.1. The Kier molecular flexibility index (Phi) is 6.95. The van der Waals surface area contributed by atoms with Gasteiger partial charge in [-0.05, 0) is 67.1 Å². The van der Waals surface area contributed by atoms with Crippen LogP contribution in [0.4, 0.5) is 0 Å². The Morgan fingerprint density at radius 2 is 1.43 bits per heavy atom. The van der Waals surface area contributed by atoms with Crippen molar-refractivity contribution in [1.29, 1.82) is 0 Å². The van der Waals surface area contributed by atoms with Gasteiger partial charge < -0.3 is 9.13 Å². The van der Waals surface area contributed by atoms with Gasteiger partial charge in [-0.3, -0.25) is 0 Å². The third kappa shape index (κ3) is 4.81. The maximum absolute atomic E-state index is 5.49. The van der Waals surface area contributed by atoms with E-state index in [1.807, 2.05) is 0 Å². The number of aromatic nitrogens is 4. The lowest BCUT2D eigenvalue weighted by Gasteiger charge is -2.20. The Bertz CT molecular complexity index is 3070. The van der Waals surface area contributed by atoms with Crippen molar-refractivity contribution in [3.8, 4) is 27.6 Å². The number of thiophene rings is 1. The van der Waals surface area contributed by atoms with E-state index in [2.05, 4.69) is 173 Å². The largest absolute Gasteiger partial charge is 0.333 e. The Labute approximate surface area is 310 Å². The smallest absolute Gasteiger partial charge is 0.170 e. The molecule has 0 N–H and O–H groups in total. The van der Waals surface area contributed by atoms with Crippen molar-refractivity contribution < 1.29 is 0 Å². The topological polar surface area (TPSA) is 35.6 Å². The quantitative estimate of drug-likeness (QED) is 0.179. The number of hydrogen-bond acceptors (Lipinski definition) is 3. The maximum Gasteiger partial charge on any atom is 0.170 e. The minimum absolute atomic E-state index is 0.208. The van der Waals surface area contributed by atoms with Gasteiger partial charge in [0.15, 0.2) is 5.82 Å². The number of para-hydroxylation sites is 4. The first kappa shape index (κ1) is 30.3. The predicted molar refractivity (Wildman–Crippen MR) is 222 cm³/mol. The highest BCUT2D eigenvalue weighted by Crippen LogP contribution is 2.41. The lowest BCUT2D eigenvalue weighted by atomic mass is 9.98. The number of allylic oxidation sites excluding steroid dienone is 4. The van der Waals surface area contributed by atoms with E-state index in [9.17, 15) is 0 Å². The van der Waals surface area contributed by atoms with Crippen LogP contribution in [0.1, 0.15) is 31.0 Å². The highest BCUT2D eigenvalue weighted by molar-refractivity contribution is 7.22. The second-order valence-corrected chi connectivity index (χ2v) is 15.1. The van der Waals surface area contributed by atoms with E-state index in [0.717, 1.165) is 52.6 Å². The summed E-state index contributed by atoms with van der Waals surface area (Å²) in [5, 5.41) is 7.51. The van der Waals surface area contributed by atoms with Crippen LogP contribution in [-0.2, 0) is 0 Å². The van der Waals surface area contributed by atoms with Crippen molar-refractivity contribution in [1.82, 2.24) is 19.1 Å². The Morgan fingerprint density at radius 3 is 2.30 bits per heavy atom. The first-order chi connectivity index (χ1) is 26.3. The van der Waals surface area contributed by atoms with Gasteiger partial charge in [0.1, 0.15) is 0 Å². The molecule has 252 valence electrons. The van der Waals surface area contributed by atoms with E-state index in [1.54, 1.807) is 11.3 Å². The van der Waals surface area contributed by atoms with Crippen LogP contribution in [0, 0.1) is 0 Å². The summed E-state index contributed by atoms with van der Waals surface area (Å²) in [6.07, 6.45) is 14.1. The lowest BCUT2D eigenvalue weighted by molar-refractivity contribution is 0.648. The van der Waals surface area contributed by atoms with Crippen molar-refractivity contribution in [3.63, 3.8) is 0 Å². The number of benzene rings is 5. The SMILES string of the molecule is C1=CCC(n2c3ccccc3c3cccc(-c4cc(C5=c6c(c7ccccc7n6-c6ccccc6)=CCC5)nc(-c5cc6ccccc6s5)n4)c32)C=C1. The summed E-state index contributed by atoms with van der Waals surface area (Å²) in [5.74, 6) is 0.768. The standard InChI is InChI=1S/C48H34N4S/c1-3-16-32(17-4-1)51-42-26-10-8-20-34(42)36-22-13-24-38(46(36)51)40-30-41(50-48(49-40)45-29-31-15-7-12-28-44(31)53-45)39-25-14-23-37-35-21-9-11-27-43(35)52(47(37)39)33-18-5-2-6-19-33/h1-13,15-16,18-24,26-30,32H,14,17,25H2. The van der Waals surface area contributed by atoms with Gasteiger partial charge >= 0.3 is 0 Å². The van der Waals surface area contributed by atoms with E-state index in [-0.39, 0.29) is 6.04 Å². The molecule has 0 amide bonds. The average Bonchev–Trinajstić information content (AvgIpc) is 3.92. The van der Waals surface area contributed by atoms with Crippen LogP contribution in [0.15, 0.2) is 158 Å². The molecule has 0 aliphatic heterocycles. The Hall–Kier alpha value is -6.30. The van der Waals surface area contributed by atoms with Crippen molar-refractivity contribution in [3.05, 3.63) is 174 Å². The summed E-state index contributed by atoms with van der Waals surface area (Å²) in [4.78, 5) is 12.0. The van der Waals surface area contributed by atoms with Crippen LogP contribution in [0.25, 0.3) is 82.1 Å². The summed E-state index contributed by atoms with van der Waals surface area (Å²) in [6.45, 7) is 0. The van der Waals surface area contributed by atoms with E-state index in [0.29, 0.717) is 0 Å². The Balaban J connectivity index is 1.25. The van der Waals surface area contributed by atoms with E-state index < -0.39 is 0 Å². The van der Waals surface area contributed by atoms with Crippen LogP contribution in [0.2, 0.25) is 0 Å². The summed E-state index contributed by atoms with van der Waals surface area (Å²) < 4.78 is 6.22. The fourth-order valence-electron chi connectivity index (χ4n) is 8.65. The zero-order valence-electron chi connectivity index (χ0n) is 29.0. The molecule has 0 spiro atoms. The molecule has 0 saturated heterocycles. The number of hydrogen-bond donors (Lipinski definition) is 0. The lowest BCUT2D eigenvalue weighted by Crippen LogP contribution is -2.34. The molecule has 0 bridgehead atoms. The van der Waals surface area contributed by atoms with Crippen molar-refractivity contribution in [2.45, 2.75) is 25.3 Å². The number of fused-ring (bicyclic) bond motifs is 7. The maximum atomic E-state index is 5.49. The van der Waals surface area contributed by atoms with E-state index in [4.69, 9.17) is 9.97 Å². The van der Waals surface area contributed by atoms with Gasteiger partial charge in [-0.25, -0.2) is 9.97 Å². The van der Waals surface area contributed by atoms with Gasteiger partial charge in [-0.2, -0.15) is 0 Å². The number of nitrogens with zero attached hydrogens (tertiary/aromatic N) is 4. The van der Waals surface area contributed by atoms with E-state index in [1.165, 1.54) is 58.9 Å². The molecule has 0 radical (unpaired) electrons. The third-order valence-corrected chi connectivity index (χ3v) is 12.0. The van der Waals surface area contributed by atoms with Crippen LogP contribution in [0.5, 0.6) is 0 Å². The molecule has 5 heteroatoms. The highest BCUT2D eigenvalue weighted by Gasteiger charge is 2.24. The fourth-order valence-corrected chi connectivity index (χ4v) is 9.64. The van der Waals surface area contributed by atoms with E-state index >= 15 is 0 Å². The zero-order valence-corrected chi connectivity index (χ0v) is 29.8. The minimum Gasteiger partial charge on any atom is -0.333 e. The summed E-state index contributed by atoms with van der Waals surface area (Å²) in [6, 6.07) is 48.4.